The lowest BCUT2D eigenvalue weighted by Gasteiger charge is -2.28. The minimum absolute atomic E-state index is 0.0350. The molecule has 0 fully saturated rings. The van der Waals surface area contributed by atoms with Crippen LogP contribution >= 0.6 is 0 Å². The second-order valence-corrected chi connectivity index (χ2v) is 4.27. The molecule has 1 amide bonds. The summed E-state index contributed by atoms with van der Waals surface area (Å²) in [5, 5.41) is 9.62. The zero-order chi connectivity index (χ0) is 12.6. The maximum atomic E-state index is 11.7. The van der Waals surface area contributed by atoms with Gasteiger partial charge in [-0.25, -0.2) is 0 Å². The van der Waals surface area contributed by atoms with Crippen molar-refractivity contribution in [1.29, 1.82) is 0 Å². The highest BCUT2D eigenvalue weighted by atomic mass is 16.5. The molecule has 0 rings (SSSR count). The molecule has 0 aliphatic heterocycles. The minimum Gasteiger partial charge on any atom is -0.389 e. The van der Waals surface area contributed by atoms with Crippen molar-refractivity contribution < 1.29 is 19.4 Å². The average molecular weight is 233 g/mol. The molecule has 0 aromatic heterocycles. The minimum atomic E-state index is -0.877. The van der Waals surface area contributed by atoms with Crippen molar-refractivity contribution in [2.24, 2.45) is 0 Å². The number of hydrogen-bond acceptors (Lipinski definition) is 4. The van der Waals surface area contributed by atoms with Gasteiger partial charge in [0.2, 0.25) is 5.91 Å². The topological polar surface area (TPSA) is 59.0 Å². The SMILES string of the molecule is CCN(CC(C)(C)O)C(=O)COCCOC. The molecule has 0 saturated carbocycles. The molecule has 5 nitrogen and oxygen atoms in total. The highest BCUT2D eigenvalue weighted by Crippen LogP contribution is 2.05. The van der Waals surface area contributed by atoms with Gasteiger partial charge < -0.3 is 19.5 Å². The maximum absolute atomic E-state index is 11.7. The number of aliphatic hydroxyl groups is 1. The second-order valence-electron chi connectivity index (χ2n) is 4.27. The first-order valence-corrected chi connectivity index (χ1v) is 5.47. The first-order valence-electron chi connectivity index (χ1n) is 5.47. The summed E-state index contributed by atoms with van der Waals surface area (Å²) < 4.78 is 9.94. The Morgan fingerprint density at radius 3 is 2.44 bits per heavy atom. The Bertz CT molecular complexity index is 201. The van der Waals surface area contributed by atoms with Crippen LogP contribution in [-0.2, 0) is 14.3 Å². The van der Waals surface area contributed by atoms with Crippen molar-refractivity contribution in [2.45, 2.75) is 26.4 Å². The zero-order valence-corrected chi connectivity index (χ0v) is 10.7. The highest BCUT2D eigenvalue weighted by molar-refractivity contribution is 5.77. The second kappa shape index (κ2) is 7.60. The Labute approximate surface area is 97.3 Å². The van der Waals surface area contributed by atoms with Crippen LogP contribution in [0.15, 0.2) is 0 Å². The van der Waals surface area contributed by atoms with Crippen molar-refractivity contribution in [2.75, 3.05) is 40.0 Å². The van der Waals surface area contributed by atoms with Crippen LogP contribution in [0.1, 0.15) is 20.8 Å². The summed E-state index contributed by atoms with van der Waals surface area (Å²) in [6.07, 6.45) is 0. The van der Waals surface area contributed by atoms with Crippen LogP contribution in [0, 0.1) is 0 Å². The summed E-state index contributed by atoms with van der Waals surface area (Å²) in [4.78, 5) is 13.2. The van der Waals surface area contributed by atoms with Gasteiger partial charge in [0, 0.05) is 20.2 Å². The molecule has 0 aliphatic rings. The molecular formula is C11H23NO4. The van der Waals surface area contributed by atoms with E-state index in [0.29, 0.717) is 26.3 Å². The number of methoxy groups -OCH3 is 1. The van der Waals surface area contributed by atoms with E-state index in [0.717, 1.165) is 0 Å². The lowest BCUT2D eigenvalue weighted by molar-refractivity contribution is -0.139. The number of ether oxygens (including phenoxy) is 2. The van der Waals surface area contributed by atoms with Crippen LogP contribution in [0.2, 0.25) is 0 Å². The van der Waals surface area contributed by atoms with E-state index in [2.05, 4.69) is 0 Å². The lowest BCUT2D eigenvalue weighted by atomic mass is 10.1. The first kappa shape index (κ1) is 15.3. The third kappa shape index (κ3) is 7.62. The number of carbonyl (C=O) groups excluding carboxylic acids is 1. The van der Waals surface area contributed by atoms with Crippen molar-refractivity contribution in [3.8, 4) is 0 Å². The van der Waals surface area contributed by atoms with Gasteiger partial charge in [-0.05, 0) is 20.8 Å². The van der Waals surface area contributed by atoms with Gasteiger partial charge in [-0.2, -0.15) is 0 Å². The Balaban J connectivity index is 3.92. The van der Waals surface area contributed by atoms with Crippen LogP contribution in [0.4, 0.5) is 0 Å². The predicted octanol–water partition coefficient (Wildman–Crippen LogP) is 0.269. The lowest BCUT2D eigenvalue weighted by Crippen LogP contribution is -2.43. The zero-order valence-electron chi connectivity index (χ0n) is 10.7. The van der Waals surface area contributed by atoms with E-state index < -0.39 is 5.60 Å². The summed E-state index contributed by atoms with van der Waals surface area (Å²) in [5.74, 6) is -0.110. The molecule has 5 heteroatoms. The molecule has 0 heterocycles. The summed E-state index contributed by atoms with van der Waals surface area (Å²) in [6, 6.07) is 0. The molecule has 0 unspecified atom stereocenters. The molecular weight excluding hydrogens is 210 g/mol. The molecule has 0 bridgehead atoms. The fourth-order valence-corrected chi connectivity index (χ4v) is 1.24. The molecule has 0 aromatic rings. The van der Waals surface area contributed by atoms with Gasteiger partial charge in [0.05, 0.1) is 18.8 Å². The van der Waals surface area contributed by atoms with Gasteiger partial charge in [-0.1, -0.05) is 0 Å². The summed E-state index contributed by atoms with van der Waals surface area (Å²) in [5.41, 5.74) is -0.877. The fourth-order valence-electron chi connectivity index (χ4n) is 1.24. The van der Waals surface area contributed by atoms with Gasteiger partial charge >= 0.3 is 0 Å². The Hall–Kier alpha value is -0.650. The van der Waals surface area contributed by atoms with E-state index in [1.807, 2.05) is 6.92 Å². The Morgan fingerprint density at radius 2 is 2.00 bits per heavy atom. The highest BCUT2D eigenvalue weighted by Gasteiger charge is 2.20. The van der Waals surface area contributed by atoms with Crippen LogP contribution in [-0.4, -0.2) is 61.5 Å². The smallest absolute Gasteiger partial charge is 0.248 e. The summed E-state index contributed by atoms with van der Waals surface area (Å²) in [6.45, 7) is 7.02. The largest absolute Gasteiger partial charge is 0.389 e. The van der Waals surface area contributed by atoms with Gasteiger partial charge in [0.15, 0.2) is 0 Å². The van der Waals surface area contributed by atoms with Crippen molar-refractivity contribution >= 4 is 5.91 Å². The number of hydrogen-bond donors (Lipinski definition) is 1. The predicted molar refractivity (Wildman–Crippen MR) is 61.2 cm³/mol. The summed E-state index contributed by atoms with van der Waals surface area (Å²) >= 11 is 0. The first-order chi connectivity index (χ1) is 7.40. The number of nitrogens with zero attached hydrogens (tertiary/aromatic N) is 1. The van der Waals surface area contributed by atoms with E-state index in [1.165, 1.54) is 0 Å². The molecule has 0 saturated heterocycles. The number of carbonyl (C=O) groups is 1. The van der Waals surface area contributed by atoms with E-state index in [1.54, 1.807) is 25.9 Å². The van der Waals surface area contributed by atoms with Gasteiger partial charge in [0.1, 0.15) is 6.61 Å². The monoisotopic (exact) mass is 233 g/mol. The number of likely N-dealkylation sites (N-methyl/N-ethyl adjacent to an activating group) is 1. The standard InChI is InChI=1S/C11H23NO4/c1-5-12(9-11(2,3)14)10(13)8-16-7-6-15-4/h14H,5-9H2,1-4H3. The normalized spacial score (nSPS) is 11.6. The fraction of sp³-hybridized carbons (Fsp3) is 0.909. The third-order valence-electron chi connectivity index (χ3n) is 1.97. The van der Waals surface area contributed by atoms with E-state index in [9.17, 15) is 9.90 Å². The molecule has 0 aromatic carbocycles. The van der Waals surface area contributed by atoms with Crippen LogP contribution in [0.5, 0.6) is 0 Å². The molecule has 0 atom stereocenters. The van der Waals surface area contributed by atoms with Gasteiger partial charge in [-0.3, -0.25) is 4.79 Å². The van der Waals surface area contributed by atoms with E-state index >= 15 is 0 Å². The number of rotatable bonds is 8. The van der Waals surface area contributed by atoms with Crippen LogP contribution in [0.25, 0.3) is 0 Å². The van der Waals surface area contributed by atoms with Crippen molar-refractivity contribution in [3.05, 3.63) is 0 Å². The maximum Gasteiger partial charge on any atom is 0.248 e. The summed E-state index contributed by atoms with van der Waals surface area (Å²) in [7, 11) is 1.58. The average Bonchev–Trinajstić information content (AvgIpc) is 2.19. The van der Waals surface area contributed by atoms with Gasteiger partial charge in [-0.15, -0.1) is 0 Å². The van der Waals surface area contributed by atoms with Crippen LogP contribution in [0.3, 0.4) is 0 Å². The third-order valence-corrected chi connectivity index (χ3v) is 1.97. The quantitative estimate of drug-likeness (QED) is 0.611. The Kier molecular flexibility index (Phi) is 7.29. The molecule has 0 spiro atoms. The van der Waals surface area contributed by atoms with Crippen molar-refractivity contribution in [1.82, 2.24) is 4.90 Å². The molecule has 96 valence electrons. The molecule has 16 heavy (non-hydrogen) atoms. The van der Waals surface area contributed by atoms with Crippen LogP contribution < -0.4 is 0 Å². The van der Waals surface area contributed by atoms with E-state index in [4.69, 9.17) is 9.47 Å². The van der Waals surface area contributed by atoms with Gasteiger partial charge in [0.25, 0.3) is 0 Å². The Morgan fingerprint density at radius 1 is 1.38 bits per heavy atom. The molecule has 0 aliphatic carbocycles. The number of amides is 1. The molecule has 0 radical (unpaired) electrons. The molecule has 1 N–H and O–H groups in total. The van der Waals surface area contributed by atoms with E-state index in [-0.39, 0.29) is 12.5 Å². The van der Waals surface area contributed by atoms with Crippen molar-refractivity contribution in [3.63, 3.8) is 0 Å².